The van der Waals surface area contributed by atoms with Crippen LogP contribution in [-0.2, 0) is 14.4 Å². The highest BCUT2D eigenvalue weighted by Gasteiger charge is 2.60. The van der Waals surface area contributed by atoms with Crippen LogP contribution in [0.25, 0.3) is 0 Å². The number of methoxy groups -OCH3 is 1. The molecule has 0 spiro atoms. The molecule has 0 aliphatic carbocycles. The zero-order valence-corrected chi connectivity index (χ0v) is 18.5. The molecule has 2 heterocycles. The van der Waals surface area contributed by atoms with Gasteiger partial charge in [-0.3, -0.25) is 14.4 Å². The molecular formula is C25H22N2O4S. The van der Waals surface area contributed by atoms with E-state index in [0.29, 0.717) is 11.4 Å². The first kappa shape index (κ1) is 20.6. The number of carbonyl (C=O) groups excluding carboxylic acids is 2. The Balaban J connectivity index is 1.57. The number of carbonyl (C=O) groups is 2. The van der Waals surface area contributed by atoms with E-state index in [4.69, 9.17) is 9.57 Å². The predicted molar refractivity (Wildman–Crippen MR) is 124 cm³/mol. The standard InChI is InChI=1S/C25H22N2O4S/c1-30-19-10-6-9-18(15-19)26-24(28)21-22(16-11-13-20(32-2)14-12-16)27(31-23(21)25(26)29)17-7-4-3-5-8-17/h3-15,21-23H,1-2H3/t21-,22-,23+/m1/s1. The van der Waals surface area contributed by atoms with Crippen LogP contribution in [0.5, 0.6) is 5.75 Å². The quantitative estimate of drug-likeness (QED) is 0.426. The third-order valence-electron chi connectivity index (χ3n) is 5.89. The number of hydroxylamine groups is 1. The van der Waals surface area contributed by atoms with Crippen molar-refractivity contribution in [3.63, 3.8) is 0 Å². The van der Waals surface area contributed by atoms with Crippen LogP contribution >= 0.6 is 11.8 Å². The van der Waals surface area contributed by atoms with Gasteiger partial charge in [-0.2, -0.15) is 0 Å². The Bertz CT molecular complexity index is 1150. The van der Waals surface area contributed by atoms with Crippen molar-refractivity contribution in [1.82, 2.24) is 0 Å². The highest BCUT2D eigenvalue weighted by atomic mass is 32.2. The number of amides is 2. The summed E-state index contributed by atoms with van der Waals surface area (Å²) in [6.07, 6.45) is 1.13. The van der Waals surface area contributed by atoms with E-state index in [1.54, 1.807) is 48.2 Å². The minimum atomic E-state index is -0.890. The molecule has 0 radical (unpaired) electrons. The number of hydrogen-bond acceptors (Lipinski definition) is 6. The summed E-state index contributed by atoms with van der Waals surface area (Å²) in [4.78, 5) is 35.5. The van der Waals surface area contributed by atoms with E-state index in [9.17, 15) is 9.59 Å². The zero-order valence-electron chi connectivity index (χ0n) is 17.7. The van der Waals surface area contributed by atoms with Gasteiger partial charge in [-0.05, 0) is 48.2 Å². The molecule has 0 N–H and O–H groups in total. The number of ether oxygens (including phenoxy) is 1. The third kappa shape index (κ3) is 3.34. The Morgan fingerprint density at radius 2 is 1.59 bits per heavy atom. The molecule has 3 aromatic carbocycles. The minimum Gasteiger partial charge on any atom is -0.497 e. The van der Waals surface area contributed by atoms with Crippen LogP contribution in [0.4, 0.5) is 11.4 Å². The molecule has 2 fully saturated rings. The van der Waals surface area contributed by atoms with Gasteiger partial charge >= 0.3 is 0 Å². The van der Waals surface area contributed by atoms with Gasteiger partial charge in [-0.1, -0.05) is 36.4 Å². The van der Waals surface area contributed by atoms with E-state index in [2.05, 4.69) is 0 Å². The number of hydrogen-bond donors (Lipinski definition) is 0. The molecule has 3 aromatic rings. The van der Waals surface area contributed by atoms with Crippen molar-refractivity contribution in [2.75, 3.05) is 23.3 Å². The first-order chi connectivity index (χ1) is 15.6. The Kier molecular flexibility index (Phi) is 5.36. The molecule has 2 saturated heterocycles. The molecular weight excluding hydrogens is 424 g/mol. The van der Waals surface area contributed by atoms with Crippen molar-refractivity contribution >= 4 is 35.0 Å². The Morgan fingerprint density at radius 3 is 2.28 bits per heavy atom. The number of fused-ring (bicyclic) bond motifs is 1. The van der Waals surface area contributed by atoms with Gasteiger partial charge < -0.3 is 4.74 Å². The fourth-order valence-electron chi connectivity index (χ4n) is 4.36. The number of anilines is 2. The lowest BCUT2D eigenvalue weighted by Gasteiger charge is -2.29. The highest BCUT2D eigenvalue weighted by molar-refractivity contribution is 7.98. The van der Waals surface area contributed by atoms with Crippen LogP contribution in [0.15, 0.2) is 83.8 Å². The van der Waals surface area contributed by atoms with Gasteiger partial charge in [0.1, 0.15) is 11.7 Å². The summed E-state index contributed by atoms with van der Waals surface area (Å²) >= 11 is 1.65. The number of thioether (sulfide) groups is 1. The van der Waals surface area contributed by atoms with Gasteiger partial charge in [-0.25, -0.2) is 9.96 Å². The van der Waals surface area contributed by atoms with Crippen molar-refractivity contribution in [2.45, 2.75) is 17.0 Å². The van der Waals surface area contributed by atoms with Crippen LogP contribution in [0.2, 0.25) is 0 Å². The fraction of sp³-hybridized carbons (Fsp3) is 0.200. The molecule has 0 bridgehead atoms. The molecule has 162 valence electrons. The zero-order chi connectivity index (χ0) is 22.2. The molecule has 2 aliphatic heterocycles. The summed E-state index contributed by atoms with van der Waals surface area (Å²) in [5, 5.41) is 1.71. The molecule has 6 nitrogen and oxygen atoms in total. The summed E-state index contributed by atoms with van der Waals surface area (Å²) in [5.41, 5.74) is 2.21. The molecule has 2 amide bonds. The maximum absolute atomic E-state index is 13.6. The number of benzene rings is 3. The molecule has 3 atom stereocenters. The monoisotopic (exact) mass is 446 g/mol. The second-order valence-electron chi connectivity index (χ2n) is 7.64. The normalized spacial score (nSPS) is 22.4. The second kappa shape index (κ2) is 8.33. The number of imide groups is 1. The molecule has 2 aliphatic rings. The van der Waals surface area contributed by atoms with Gasteiger partial charge in [0, 0.05) is 11.0 Å². The molecule has 0 saturated carbocycles. The number of rotatable bonds is 5. The van der Waals surface area contributed by atoms with Crippen LogP contribution in [-0.4, -0.2) is 31.3 Å². The third-order valence-corrected chi connectivity index (χ3v) is 6.64. The lowest BCUT2D eigenvalue weighted by Crippen LogP contribution is -2.37. The summed E-state index contributed by atoms with van der Waals surface area (Å²) in [7, 11) is 1.55. The summed E-state index contributed by atoms with van der Waals surface area (Å²) in [6, 6.07) is 24.2. The molecule has 0 aromatic heterocycles. The van der Waals surface area contributed by atoms with Crippen LogP contribution in [0, 0.1) is 5.92 Å². The van der Waals surface area contributed by atoms with Crippen molar-refractivity contribution in [3.8, 4) is 5.75 Å². The SMILES string of the molecule is COc1cccc(N2C(=O)[C@H]3[C@H](ON(c4ccccc4)[C@@H]3c3ccc(SC)cc3)C2=O)c1. The minimum absolute atomic E-state index is 0.273. The first-order valence-corrected chi connectivity index (χ1v) is 11.5. The van der Waals surface area contributed by atoms with Gasteiger partial charge in [0.2, 0.25) is 5.91 Å². The smallest absolute Gasteiger partial charge is 0.266 e. The lowest BCUT2D eigenvalue weighted by atomic mass is 9.90. The summed E-state index contributed by atoms with van der Waals surface area (Å²) in [5.74, 6) is -0.715. The molecule has 32 heavy (non-hydrogen) atoms. The maximum atomic E-state index is 13.6. The summed E-state index contributed by atoms with van der Waals surface area (Å²) < 4.78 is 5.28. The number of nitrogens with zero attached hydrogens (tertiary/aromatic N) is 2. The molecule has 0 unspecified atom stereocenters. The van der Waals surface area contributed by atoms with Gasteiger partial charge in [-0.15, -0.1) is 11.8 Å². The summed E-state index contributed by atoms with van der Waals surface area (Å²) in [6.45, 7) is 0. The number of para-hydroxylation sites is 1. The van der Waals surface area contributed by atoms with Crippen LogP contribution < -0.4 is 14.7 Å². The topological polar surface area (TPSA) is 59.1 Å². The Morgan fingerprint density at radius 1 is 0.875 bits per heavy atom. The van der Waals surface area contributed by atoms with Gasteiger partial charge in [0.15, 0.2) is 6.10 Å². The lowest BCUT2D eigenvalue weighted by molar-refractivity contribution is -0.126. The average molecular weight is 447 g/mol. The van der Waals surface area contributed by atoms with E-state index in [1.807, 2.05) is 60.9 Å². The fourth-order valence-corrected chi connectivity index (χ4v) is 4.77. The van der Waals surface area contributed by atoms with E-state index >= 15 is 0 Å². The average Bonchev–Trinajstić information content (AvgIpc) is 3.35. The van der Waals surface area contributed by atoms with Crippen LogP contribution in [0.1, 0.15) is 11.6 Å². The van der Waals surface area contributed by atoms with Crippen molar-refractivity contribution in [1.29, 1.82) is 0 Å². The molecule has 7 heteroatoms. The van der Waals surface area contributed by atoms with Crippen molar-refractivity contribution < 1.29 is 19.2 Å². The first-order valence-electron chi connectivity index (χ1n) is 10.3. The Hall–Kier alpha value is -3.29. The van der Waals surface area contributed by atoms with Gasteiger partial charge in [0.25, 0.3) is 5.91 Å². The van der Waals surface area contributed by atoms with E-state index in [0.717, 1.165) is 16.1 Å². The highest BCUT2D eigenvalue weighted by Crippen LogP contribution is 2.47. The van der Waals surface area contributed by atoms with E-state index in [-0.39, 0.29) is 11.8 Å². The molecule has 5 rings (SSSR count). The largest absolute Gasteiger partial charge is 0.497 e. The van der Waals surface area contributed by atoms with E-state index < -0.39 is 18.1 Å². The van der Waals surface area contributed by atoms with Crippen LogP contribution in [0.3, 0.4) is 0 Å². The Labute approximate surface area is 190 Å². The second-order valence-corrected chi connectivity index (χ2v) is 8.52. The van der Waals surface area contributed by atoms with Gasteiger partial charge in [0.05, 0.1) is 24.5 Å². The van der Waals surface area contributed by atoms with E-state index in [1.165, 1.54) is 4.90 Å². The predicted octanol–water partition coefficient (Wildman–Crippen LogP) is 4.47. The maximum Gasteiger partial charge on any atom is 0.266 e. The van der Waals surface area contributed by atoms with Crippen molar-refractivity contribution in [3.05, 3.63) is 84.4 Å². The van der Waals surface area contributed by atoms with Crippen molar-refractivity contribution in [2.24, 2.45) is 5.92 Å².